The molecule has 0 bridgehead atoms. The quantitative estimate of drug-likeness (QED) is 0.652. The average molecular weight is 493 g/mol. The first-order valence-corrected chi connectivity index (χ1v) is 12.2. The molecule has 0 spiro atoms. The number of halogens is 2. The molecular formula is C21H30Cl2N2O5S. The van der Waals surface area contributed by atoms with Crippen LogP contribution in [-0.2, 0) is 25.3 Å². The molecule has 2 N–H and O–H groups in total. The lowest BCUT2D eigenvalue weighted by molar-refractivity contribution is -0.159. The minimum absolute atomic E-state index is 0.0307. The van der Waals surface area contributed by atoms with Crippen molar-refractivity contribution in [3.8, 4) is 5.75 Å². The van der Waals surface area contributed by atoms with Crippen LogP contribution in [0, 0.1) is 5.92 Å². The normalized spacial score (nSPS) is 25.6. The lowest BCUT2D eigenvalue weighted by Gasteiger charge is -2.29. The van der Waals surface area contributed by atoms with Crippen molar-refractivity contribution in [2.75, 3.05) is 19.7 Å². The number of amides is 1. The van der Waals surface area contributed by atoms with Gasteiger partial charge in [-0.15, -0.1) is 0 Å². The van der Waals surface area contributed by atoms with Crippen LogP contribution in [0.5, 0.6) is 5.75 Å². The van der Waals surface area contributed by atoms with Crippen molar-refractivity contribution < 1.29 is 23.6 Å². The minimum Gasteiger partial charge on any atom is -0.508 e. The fraction of sp³-hybridized carbons (Fsp3) is 0.667. The van der Waals surface area contributed by atoms with Crippen molar-refractivity contribution in [2.24, 2.45) is 5.92 Å². The topological polar surface area (TPSA) is 88.1 Å². The first-order chi connectivity index (χ1) is 14.3. The number of phenolic OH excluding ortho intramolecular Hbond substituents is 1. The molecule has 0 saturated carbocycles. The van der Waals surface area contributed by atoms with Crippen molar-refractivity contribution in [3.05, 3.63) is 27.7 Å². The summed E-state index contributed by atoms with van der Waals surface area (Å²) in [6.07, 6.45) is 0.0313. The molecule has 1 amide bonds. The second-order valence-electron chi connectivity index (χ2n) is 9.45. The number of carbonyl (C=O) groups is 1. The van der Waals surface area contributed by atoms with Crippen LogP contribution in [0.25, 0.3) is 0 Å². The van der Waals surface area contributed by atoms with E-state index in [-0.39, 0.29) is 29.2 Å². The maximum Gasteiger partial charge on any atom is 0.254 e. The first kappa shape index (κ1) is 24.7. The van der Waals surface area contributed by atoms with E-state index >= 15 is 0 Å². The summed E-state index contributed by atoms with van der Waals surface area (Å²) in [4.78, 5) is 14.7. The Morgan fingerprint density at radius 1 is 1.32 bits per heavy atom. The Hall–Kier alpha value is -0.900. The maximum absolute atomic E-state index is 12.9. The Labute approximate surface area is 196 Å². The van der Waals surface area contributed by atoms with Crippen molar-refractivity contribution >= 4 is 40.1 Å². The molecule has 1 aromatic rings. The molecule has 0 aliphatic carbocycles. The van der Waals surface area contributed by atoms with E-state index in [4.69, 9.17) is 32.7 Å². The van der Waals surface area contributed by atoms with Crippen LogP contribution < -0.4 is 4.72 Å². The number of hydrogen-bond acceptors (Lipinski definition) is 5. The van der Waals surface area contributed by atoms with Crippen LogP contribution in [0.2, 0.25) is 10.0 Å². The highest BCUT2D eigenvalue weighted by Gasteiger charge is 2.42. The van der Waals surface area contributed by atoms with Crippen molar-refractivity contribution in [3.63, 3.8) is 0 Å². The lowest BCUT2D eigenvalue weighted by atomic mass is 9.92. The Kier molecular flexibility index (Phi) is 7.30. The predicted molar refractivity (Wildman–Crippen MR) is 121 cm³/mol. The van der Waals surface area contributed by atoms with Gasteiger partial charge in [-0.3, -0.25) is 4.79 Å². The third-order valence-corrected chi connectivity index (χ3v) is 7.79. The maximum atomic E-state index is 12.9. The summed E-state index contributed by atoms with van der Waals surface area (Å²) in [5.74, 6) is -1.02. The van der Waals surface area contributed by atoms with Gasteiger partial charge in [-0.25, -0.2) is 8.93 Å². The Bertz CT molecular complexity index is 874. The van der Waals surface area contributed by atoms with E-state index in [2.05, 4.69) is 4.72 Å². The lowest BCUT2D eigenvalue weighted by Crippen LogP contribution is -2.42. The highest BCUT2D eigenvalue weighted by Crippen LogP contribution is 2.40. The second kappa shape index (κ2) is 9.15. The van der Waals surface area contributed by atoms with Crippen LogP contribution in [0.1, 0.15) is 52.6 Å². The van der Waals surface area contributed by atoms with Gasteiger partial charge < -0.3 is 19.5 Å². The molecule has 2 unspecified atom stereocenters. The van der Waals surface area contributed by atoms with Gasteiger partial charge in [-0.2, -0.15) is 0 Å². The van der Waals surface area contributed by atoms with Gasteiger partial charge in [0.1, 0.15) is 5.75 Å². The monoisotopic (exact) mass is 492 g/mol. The fourth-order valence-corrected chi connectivity index (χ4v) is 5.01. The first-order valence-electron chi connectivity index (χ1n) is 10.2. The molecule has 1 aromatic carbocycles. The van der Waals surface area contributed by atoms with E-state index in [1.807, 2.05) is 20.8 Å². The van der Waals surface area contributed by atoms with Crippen LogP contribution in [0.15, 0.2) is 12.1 Å². The smallest absolute Gasteiger partial charge is 0.254 e. The summed E-state index contributed by atoms with van der Waals surface area (Å²) >= 11 is 12.3. The molecule has 3 rings (SSSR count). The Morgan fingerprint density at radius 2 is 1.97 bits per heavy atom. The van der Waals surface area contributed by atoms with Crippen molar-refractivity contribution in [1.29, 1.82) is 0 Å². The van der Waals surface area contributed by atoms with Gasteiger partial charge in [0.15, 0.2) is 11.9 Å². The van der Waals surface area contributed by atoms with E-state index in [0.717, 1.165) is 0 Å². The number of ether oxygens (including phenoxy) is 2. The van der Waals surface area contributed by atoms with Crippen LogP contribution in [0.3, 0.4) is 0 Å². The number of nitrogens with one attached hydrogen (secondary N) is 1. The minimum atomic E-state index is -1.40. The summed E-state index contributed by atoms with van der Waals surface area (Å²) in [5.41, 5.74) is 0.507. The van der Waals surface area contributed by atoms with Crippen molar-refractivity contribution in [2.45, 2.75) is 63.7 Å². The number of aromatic hydroxyl groups is 1. The van der Waals surface area contributed by atoms with E-state index in [9.17, 15) is 14.1 Å². The zero-order valence-electron chi connectivity index (χ0n) is 18.4. The Morgan fingerprint density at radius 3 is 2.55 bits per heavy atom. The van der Waals surface area contributed by atoms with E-state index in [1.165, 1.54) is 6.07 Å². The highest BCUT2D eigenvalue weighted by atomic mass is 35.5. The van der Waals surface area contributed by atoms with Gasteiger partial charge in [0, 0.05) is 24.7 Å². The molecule has 7 nitrogen and oxygen atoms in total. The number of rotatable bonds is 5. The molecule has 174 valence electrons. The van der Waals surface area contributed by atoms with Gasteiger partial charge in [0.25, 0.3) is 5.91 Å². The third kappa shape index (κ3) is 5.72. The highest BCUT2D eigenvalue weighted by molar-refractivity contribution is 7.84. The van der Waals surface area contributed by atoms with E-state index in [1.54, 1.807) is 24.8 Å². The number of phenols is 1. The number of benzene rings is 1. The summed E-state index contributed by atoms with van der Waals surface area (Å²) in [6, 6.07) is 2.50. The molecule has 10 heteroatoms. The molecule has 31 heavy (non-hydrogen) atoms. The molecule has 2 heterocycles. The molecule has 2 aliphatic rings. The zero-order valence-corrected chi connectivity index (χ0v) is 20.7. The number of likely N-dealkylation sites (tertiary alicyclic amines) is 1. The Balaban J connectivity index is 1.83. The molecule has 0 radical (unpaired) electrons. The predicted octanol–water partition coefficient (Wildman–Crippen LogP) is 3.79. The van der Waals surface area contributed by atoms with E-state index < -0.39 is 33.7 Å². The number of nitrogens with zero attached hydrogens (tertiary/aromatic N) is 1. The number of hydrogen-bond donors (Lipinski definition) is 2. The average Bonchev–Trinajstić information content (AvgIpc) is 3.28. The summed E-state index contributed by atoms with van der Waals surface area (Å²) in [7, 11) is -1.40. The fourth-order valence-electron chi connectivity index (χ4n) is 3.78. The molecule has 2 aliphatic heterocycles. The molecule has 0 aromatic heterocycles. The molecule has 4 atom stereocenters. The van der Waals surface area contributed by atoms with Gasteiger partial charge in [0.2, 0.25) is 0 Å². The van der Waals surface area contributed by atoms with Gasteiger partial charge >= 0.3 is 0 Å². The zero-order chi connectivity index (χ0) is 23.1. The second-order valence-corrected chi connectivity index (χ2v) is 12.3. The summed E-state index contributed by atoms with van der Waals surface area (Å²) < 4.78 is 26.8. The standard InChI is InChI=1S/C21H30Cl2N2O5S/c1-20(2,3)31(28)24-18(13-8-14(22)15(23)9-16(13)26)12-6-7-25(10-12)19(27)17-11-29-21(4,5)30-17/h8-9,12,17-18,24,26H,6-7,10-11H2,1-5H3/t12-,17-,18?,31?/m1/s1. The van der Waals surface area contributed by atoms with E-state index in [0.29, 0.717) is 30.1 Å². The molecular weight excluding hydrogens is 463 g/mol. The SMILES string of the molecule is CC1(C)OC[C@H](C(=O)N2CC[C@@H](C(NS(=O)C(C)(C)C)c3cc(Cl)c(Cl)cc3O)C2)O1. The molecule has 2 fully saturated rings. The van der Waals surface area contributed by atoms with Crippen LogP contribution in [-0.4, -0.2) is 56.5 Å². The van der Waals surface area contributed by atoms with Gasteiger partial charge in [-0.05, 0) is 53.0 Å². The van der Waals surface area contributed by atoms with Crippen molar-refractivity contribution in [1.82, 2.24) is 9.62 Å². The summed E-state index contributed by atoms with van der Waals surface area (Å²) in [5, 5.41) is 11.1. The van der Waals surface area contributed by atoms with Crippen LogP contribution in [0.4, 0.5) is 0 Å². The summed E-state index contributed by atoms with van der Waals surface area (Å²) in [6.45, 7) is 10.3. The van der Waals surface area contributed by atoms with Crippen LogP contribution >= 0.6 is 23.2 Å². The number of carbonyl (C=O) groups excluding carboxylic acids is 1. The van der Waals surface area contributed by atoms with Gasteiger partial charge in [-0.1, -0.05) is 23.2 Å². The third-order valence-electron chi connectivity index (χ3n) is 5.49. The molecule has 2 saturated heterocycles. The van der Waals surface area contributed by atoms with Gasteiger partial charge in [0.05, 0.1) is 38.4 Å². The largest absolute Gasteiger partial charge is 0.508 e.